The van der Waals surface area contributed by atoms with Crippen molar-refractivity contribution < 1.29 is 22.7 Å². The van der Waals surface area contributed by atoms with Crippen molar-refractivity contribution in [3.05, 3.63) is 65.7 Å². The van der Waals surface area contributed by atoms with E-state index in [1.165, 1.54) is 4.31 Å². The Morgan fingerprint density at radius 3 is 2.55 bits per heavy atom. The highest BCUT2D eigenvalue weighted by Gasteiger charge is 2.28. The minimum atomic E-state index is -4.00. The molecule has 154 valence electrons. The summed E-state index contributed by atoms with van der Waals surface area (Å²) in [7, 11) is -4.00. The van der Waals surface area contributed by atoms with Crippen LogP contribution in [0.5, 0.6) is 0 Å². The molecule has 0 fully saturated rings. The summed E-state index contributed by atoms with van der Waals surface area (Å²) in [5.74, 6) is -0.698. The number of nitrogens with one attached hydrogen (secondary N) is 2. The van der Waals surface area contributed by atoms with E-state index in [0.29, 0.717) is 18.7 Å². The van der Waals surface area contributed by atoms with Gasteiger partial charge in [-0.1, -0.05) is 48.5 Å². The molecule has 0 saturated carbocycles. The number of alkyl carbamates (subject to hydrolysis) is 1. The standard InChI is InChI=1S/C20H23N3O5S/c24-19(12-13-21-20(25)28-15-16-7-2-1-3-8-16)22-29(26,27)23-14-6-10-17-9-4-5-11-18(17)23/h1-5,7-9,11H,6,10,12-15H2,(H,21,25)(H,22,24). The summed E-state index contributed by atoms with van der Waals surface area (Å²) in [6, 6.07) is 16.4. The van der Waals surface area contributed by atoms with Crippen molar-refractivity contribution in [3.63, 3.8) is 0 Å². The number of carbonyl (C=O) groups excluding carboxylic acids is 2. The topological polar surface area (TPSA) is 105 Å². The molecular weight excluding hydrogens is 394 g/mol. The first-order chi connectivity index (χ1) is 14.0. The van der Waals surface area contributed by atoms with Crippen LogP contribution in [0, 0.1) is 0 Å². The molecule has 2 N–H and O–H groups in total. The number of carbonyl (C=O) groups is 2. The summed E-state index contributed by atoms with van der Waals surface area (Å²) >= 11 is 0. The Labute approximate surface area is 170 Å². The second kappa shape index (κ2) is 9.42. The van der Waals surface area contributed by atoms with E-state index in [1.807, 2.05) is 42.5 Å². The molecule has 2 aromatic rings. The van der Waals surface area contributed by atoms with Crippen LogP contribution in [0.4, 0.5) is 10.5 Å². The molecular formula is C20H23N3O5S. The maximum atomic E-state index is 12.6. The fourth-order valence-corrected chi connectivity index (χ4v) is 4.36. The highest BCUT2D eigenvalue weighted by atomic mass is 32.2. The Kier molecular flexibility index (Phi) is 6.71. The van der Waals surface area contributed by atoms with Crippen LogP contribution in [0.1, 0.15) is 24.0 Å². The number of ether oxygens (including phenoxy) is 1. The van der Waals surface area contributed by atoms with E-state index < -0.39 is 22.2 Å². The molecule has 1 aliphatic heterocycles. The lowest BCUT2D eigenvalue weighted by Crippen LogP contribution is -2.46. The van der Waals surface area contributed by atoms with Gasteiger partial charge in [0.05, 0.1) is 5.69 Å². The van der Waals surface area contributed by atoms with Gasteiger partial charge in [-0.2, -0.15) is 8.42 Å². The average molecular weight is 417 g/mol. The molecule has 0 aromatic heterocycles. The molecule has 1 aliphatic rings. The Morgan fingerprint density at radius 2 is 1.76 bits per heavy atom. The number of aryl methyl sites for hydroxylation is 1. The van der Waals surface area contributed by atoms with Gasteiger partial charge in [-0.05, 0) is 30.0 Å². The molecule has 0 bridgehead atoms. The van der Waals surface area contributed by atoms with Gasteiger partial charge in [0.1, 0.15) is 6.61 Å². The normalized spacial score (nSPS) is 13.3. The van der Waals surface area contributed by atoms with Crippen LogP contribution in [0.3, 0.4) is 0 Å². The smallest absolute Gasteiger partial charge is 0.407 e. The van der Waals surface area contributed by atoms with Gasteiger partial charge in [-0.15, -0.1) is 0 Å². The van der Waals surface area contributed by atoms with Crippen LogP contribution < -0.4 is 14.3 Å². The maximum Gasteiger partial charge on any atom is 0.407 e. The predicted octanol–water partition coefficient (Wildman–Crippen LogP) is 2.12. The first-order valence-electron chi connectivity index (χ1n) is 9.31. The Balaban J connectivity index is 1.45. The summed E-state index contributed by atoms with van der Waals surface area (Å²) in [5, 5.41) is 2.43. The number of amides is 2. The number of anilines is 1. The summed E-state index contributed by atoms with van der Waals surface area (Å²) in [5.41, 5.74) is 2.36. The van der Waals surface area contributed by atoms with Crippen molar-refractivity contribution in [1.82, 2.24) is 10.0 Å². The third-order valence-corrected chi connectivity index (χ3v) is 5.88. The van der Waals surface area contributed by atoms with Gasteiger partial charge in [-0.25, -0.2) is 9.52 Å². The van der Waals surface area contributed by atoms with Crippen LogP contribution in [0.2, 0.25) is 0 Å². The number of hydrogen-bond acceptors (Lipinski definition) is 5. The molecule has 1 heterocycles. The van der Waals surface area contributed by atoms with Gasteiger partial charge >= 0.3 is 16.3 Å². The van der Waals surface area contributed by atoms with E-state index in [9.17, 15) is 18.0 Å². The molecule has 9 heteroatoms. The summed E-state index contributed by atoms with van der Waals surface area (Å²) in [4.78, 5) is 23.7. The van der Waals surface area contributed by atoms with Gasteiger partial charge in [0.2, 0.25) is 5.91 Å². The number of para-hydroxylation sites is 1. The van der Waals surface area contributed by atoms with E-state index in [1.54, 1.807) is 12.1 Å². The predicted molar refractivity (Wildman–Crippen MR) is 108 cm³/mol. The first-order valence-corrected chi connectivity index (χ1v) is 10.8. The van der Waals surface area contributed by atoms with Crippen molar-refractivity contribution in [2.75, 3.05) is 17.4 Å². The summed E-state index contributed by atoms with van der Waals surface area (Å²) < 4.78 is 33.5. The molecule has 8 nitrogen and oxygen atoms in total. The zero-order valence-corrected chi connectivity index (χ0v) is 16.7. The summed E-state index contributed by atoms with van der Waals surface area (Å²) in [6.45, 7) is 0.386. The first kappa shape index (κ1) is 20.7. The van der Waals surface area contributed by atoms with E-state index >= 15 is 0 Å². The number of nitrogens with zero attached hydrogens (tertiary/aromatic N) is 1. The zero-order chi connectivity index (χ0) is 20.7. The van der Waals surface area contributed by atoms with Gasteiger partial charge in [0.15, 0.2) is 0 Å². The monoisotopic (exact) mass is 417 g/mol. The minimum absolute atomic E-state index is 0.0361. The Morgan fingerprint density at radius 1 is 1.03 bits per heavy atom. The largest absolute Gasteiger partial charge is 0.445 e. The molecule has 2 amide bonds. The van der Waals surface area contributed by atoms with Crippen molar-refractivity contribution in [1.29, 1.82) is 0 Å². The molecule has 0 saturated heterocycles. The highest BCUT2D eigenvalue weighted by molar-refractivity contribution is 7.91. The van der Waals surface area contributed by atoms with E-state index in [4.69, 9.17) is 4.74 Å². The third kappa shape index (κ3) is 5.71. The SMILES string of the molecule is O=C(CCNC(=O)OCc1ccccc1)NS(=O)(=O)N1CCCc2ccccc21. The lowest BCUT2D eigenvalue weighted by atomic mass is 10.0. The molecule has 0 radical (unpaired) electrons. The van der Waals surface area contributed by atoms with Gasteiger partial charge in [-0.3, -0.25) is 9.10 Å². The van der Waals surface area contributed by atoms with E-state index in [0.717, 1.165) is 17.5 Å². The van der Waals surface area contributed by atoms with E-state index in [2.05, 4.69) is 10.0 Å². The molecule has 2 aromatic carbocycles. The highest BCUT2D eigenvalue weighted by Crippen LogP contribution is 2.28. The summed E-state index contributed by atoms with van der Waals surface area (Å²) in [6.07, 6.45) is 0.621. The molecule has 29 heavy (non-hydrogen) atoms. The molecule has 0 atom stereocenters. The van der Waals surface area contributed by atoms with Crippen LogP contribution in [-0.4, -0.2) is 33.5 Å². The number of benzene rings is 2. The number of fused-ring (bicyclic) bond motifs is 1. The molecule has 0 spiro atoms. The van der Waals surface area contributed by atoms with Crippen LogP contribution in [0.15, 0.2) is 54.6 Å². The maximum absolute atomic E-state index is 12.6. The Hall–Kier alpha value is -3.07. The van der Waals surface area contributed by atoms with Crippen LogP contribution in [-0.2, 0) is 32.8 Å². The average Bonchev–Trinajstić information content (AvgIpc) is 2.72. The van der Waals surface area contributed by atoms with E-state index in [-0.39, 0.29) is 19.6 Å². The minimum Gasteiger partial charge on any atom is -0.445 e. The van der Waals surface area contributed by atoms with Crippen molar-refractivity contribution in [2.45, 2.75) is 25.9 Å². The molecule has 0 unspecified atom stereocenters. The van der Waals surface area contributed by atoms with Gasteiger partial charge < -0.3 is 10.1 Å². The third-order valence-electron chi connectivity index (χ3n) is 4.43. The lowest BCUT2D eigenvalue weighted by molar-refractivity contribution is -0.119. The number of rotatable bonds is 7. The number of hydrogen-bond donors (Lipinski definition) is 2. The van der Waals surface area contributed by atoms with Crippen molar-refractivity contribution >= 4 is 27.9 Å². The fraction of sp³-hybridized carbons (Fsp3) is 0.300. The second-order valence-electron chi connectivity index (χ2n) is 6.57. The fourth-order valence-electron chi connectivity index (χ4n) is 3.05. The van der Waals surface area contributed by atoms with Gasteiger partial charge in [0.25, 0.3) is 0 Å². The quantitative estimate of drug-likeness (QED) is 0.718. The molecule has 0 aliphatic carbocycles. The molecule has 3 rings (SSSR count). The lowest BCUT2D eigenvalue weighted by Gasteiger charge is -2.30. The van der Waals surface area contributed by atoms with Crippen molar-refractivity contribution in [3.8, 4) is 0 Å². The van der Waals surface area contributed by atoms with Gasteiger partial charge in [0, 0.05) is 19.5 Å². The van der Waals surface area contributed by atoms with Crippen LogP contribution >= 0.6 is 0 Å². The van der Waals surface area contributed by atoms with Crippen molar-refractivity contribution in [2.24, 2.45) is 0 Å². The second-order valence-corrected chi connectivity index (χ2v) is 8.17. The Bertz CT molecular complexity index is 963. The van der Waals surface area contributed by atoms with Crippen LogP contribution in [0.25, 0.3) is 0 Å². The zero-order valence-electron chi connectivity index (χ0n) is 15.8.